The summed E-state index contributed by atoms with van der Waals surface area (Å²) in [5.74, 6) is 0.0697. The van der Waals surface area contributed by atoms with Gasteiger partial charge in [0, 0.05) is 21.8 Å². The van der Waals surface area contributed by atoms with E-state index in [0.717, 1.165) is 10.5 Å². The number of thioether (sulfide) groups is 1. The number of rotatable bonds is 4. The fraction of sp³-hybridized carbons (Fsp3) is 0.0588. The van der Waals surface area contributed by atoms with Crippen LogP contribution in [0.5, 0.6) is 0 Å². The summed E-state index contributed by atoms with van der Waals surface area (Å²) in [6, 6.07) is 14.7. The van der Waals surface area contributed by atoms with Gasteiger partial charge in [0.2, 0.25) is 5.89 Å². The van der Waals surface area contributed by atoms with E-state index in [1.165, 1.54) is 6.26 Å². The molecule has 0 spiro atoms. The lowest BCUT2D eigenvalue weighted by Crippen LogP contribution is -2.12. The van der Waals surface area contributed by atoms with Crippen LogP contribution < -0.4 is 11.1 Å². The first-order chi connectivity index (χ1) is 11.2. The Morgan fingerprint density at radius 2 is 1.83 bits per heavy atom. The summed E-state index contributed by atoms with van der Waals surface area (Å²) in [6.07, 6.45) is 3.35. The van der Waals surface area contributed by atoms with E-state index < -0.39 is 0 Å². The number of oxazole rings is 1. The second-order valence-corrected chi connectivity index (χ2v) is 5.72. The Hall–Kier alpha value is -2.73. The van der Waals surface area contributed by atoms with Crippen LogP contribution in [0.1, 0.15) is 10.5 Å². The van der Waals surface area contributed by atoms with E-state index in [1.54, 1.807) is 36.0 Å². The first-order valence-corrected chi connectivity index (χ1v) is 8.15. The van der Waals surface area contributed by atoms with Crippen molar-refractivity contribution in [1.82, 2.24) is 4.98 Å². The SMILES string of the molecule is CSc1ccc(NC(=O)c2coc(-c3ccc(N)cc3)n2)cc1. The molecule has 5 nitrogen and oxygen atoms in total. The molecule has 0 saturated carbocycles. The highest BCUT2D eigenvalue weighted by atomic mass is 32.2. The first-order valence-electron chi connectivity index (χ1n) is 6.92. The van der Waals surface area contributed by atoms with E-state index in [2.05, 4.69) is 10.3 Å². The average molecular weight is 325 g/mol. The smallest absolute Gasteiger partial charge is 0.277 e. The third-order valence-corrected chi connectivity index (χ3v) is 3.99. The summed E-state index contributed by atoms with van der Waals surface area (Å²) < 4.78 is 5.37. The molecule has 23 heavy (non-hydrogen) atoms. The molecule has 0 atom stereocenters. The Morgan fingerprint density at radius 1 is 1.13 bits per heavy atom. The molecule has 116 valence electrons. The van der Waals surface area contributed by atoms with Crippen molar-refractivity contribution in [1.29, 1.82) is 0 Å². The Kier molecular flexibility index (Phi) is 4.34. The third kappa shape index (κ3) is 3.54. The molecule has 1 aromatic heterocycles. The molecule has 0 aliphatic rings. The topological polar surface area (TPSA) is 81.2 Å². The normalized spacial score (nSPS) is 10.5. The van der Waals surface area contributed by atoms with Crippen LogP contribution in [0.25, 0.3) is 11.5 Å². The molecule has 0 saturated heterocycles. The van der Waals surface area contributed by atoms with Gasteiger partial charge in [-0.1, -0.05) is 0 Å². The van der Waals surface area contributed by atoms with Gasteiger partial charge in [-0.15, -0.1) is 11.8 Å². The van der Waals surface area contributed by atoms with Crippen LogP contribution in [0.15, 0.2) is 64.1 Å². The molecule has 0 aliphatic heterocycles. The van der Waals surface area contributed by atoms with E-state index in [1.807, 2.05) is 30.5 Å². The molecule has 2 aromatic carbocycles. The lowest BCUT2D eigenvalue weighted by atomic mass is 10.2. The highest BCUT2D eigenvalue weighted by Crippen LogP contribution is 2.21. The van der Waals surface area contributed by atoms with E-state index in [4.69, 9.17) is 10.2 Å². The van der Waals surface area contributed by atoms with E-state index in [9.17, 15) is 4.79 Å². The number of nitrogens with one attached hydrogen (secondary N) is 1. The van der Waals surface area contributed by atoms with Crippen molar-refractivity contribution in [2.75, 3.05) is 17.3 Å². The van der Waals surface area contributed by atoms with Gasteiger partial charge in [0.05, 0.1) is 0 Å². The monoisotopic (exact) mass is 325 g/mol. The number of nitrogen functional groups attached to an aromatic ring is 1. The number of benzene rings is 2. The molecule has 0 bridgehead atoms. The van der Waals surface area contributed by atoms with E-state index in [0.29, 0.717) is 17.3 Å². The summed E-state index contributed by atoms with van der Waals surface area (Å²) in [5, 5.41) is 2.79. The zero-order valence-corrected chi connectivity index (χ0v) is 13.3. The summed E-state index contributed by atoms with van der Waals surface area (Å²) in [7, 11) is 0. The average Bonchev–Trinajstić information content (AvgIpc) is 3.06. The number of amides is 1. The van der Waals surface area contributed by atoms with E-state index in [-0.39, 0.29) is 11.6 Å². The van der Waals surface area contributed by atoms with Crippen LogP contribution in [-0.4, -0.2) is 17.1 Å². The van der Waals surface area contributed by atoms with Gasteiger partial charge in [-0.3, -0.25) is 4.79 Å². The molecule has 0 fully saturated rings. The fourth-order valence-electron chi connectivity index (χ4n) is 2.01. The summed E-state index contributed by atoms with van der Waals surface area (Å²) in [5.41, 5.74) is 8.01. The van der Waals surface area contributed by atoms with Crippen molar-refractivity contribution in [3.05, 3.63) is 60.5 Å². The molecule has 3 aromatic rings. The van der Waals surface area contributed by atoms with Crippen LogP contribution in [0.3, 0.4) is 0 Å². The van der Waals surface area contributed by atoms with Crippen molar-refractivity contribution < 1.29 is 9.21 Å². The lowest BCUT2D eigenvalue weighted by Gasteiger charge is -2.03. The Bertz CT molecular complexity index is 811. The number of carbonyl (C=O) groups is 1. The molecule has 3 rings (SSSR count). The largest absolute Gasteiger partial charge is 0.444 e. The van der Waals surface area contributed by atoms with Crippen molar-refractivity contribution in [3.63, 3.8) is 0 Å². The minimum atomic E-state index is -0.313. The van der Waals surface area contributed by atoms with Crippen LogP contribution >= 0.6 is 11.8 Å². The van der Waals surface area contributed by atoms with Gasteiger partial charge in [-0.05, 0) is 54.8 Å². The standard InChI is InChI=1S/C17H15N3O2S/c1-23-14-8-6-13(7-9-14)19-16(21)15-10-22-17(20-15)11-2-4-12(18)5-3-11/h2-10H,18H2,1H3,(H,19,21). The fourth-order valence-corrected chi connectivity index (χ4v) is 2.41. The zero-order valence-electron chi connectivity index (χ0n) is 12.4. The van der Waals surface area contributed by atoms with Crippen molar-refractivity contribution in [2.24, 2.45) is 0 Å². The molecular formula is C17H15N3O2S. The Labute approximate surface area is 137 Å². The molecular weight excluding hydrogens is 310 g/mol. The van der Waals surface area contributed by atoms with Crippen LogP contribution in [0.4, 0.5) is 11.4 Å². The molecule has 0 unspecified atom stereocenters. The molecule has 3 N–H and O–H groups in total. The number of carbonyl (C=O) groups excluding carboxylic acids is 1. The second-order valence-electron chi connectivity index (χ2n) is 4.84. The Morgan fingerprint density at radius 3 is 2.48 bits per heavy atom. The summed E-state index contributed by atoms with van der Waals surface area (Å²) in [6.45, 7) is 0. The molecule has 1 heterocycles. The number of nitrogens with zero attached hydrogens (tertiary/aromatic N) is 1. The predicted molar refractivity (Wildman–Crippen MR) is 92.5 cm³/mol. The maximum Gasteiger partial charge on any atom is 0.277 e. The summed E-state index contributed by atoms with van der Waals surface area (Å²) >= 11 is 1.65. The van der Waals surface area contributed by atoms with Crippen LogP contribution in [-0.2, 0) is 0 Å². The highest BCUT2D eigenvalue weighted by Gasteiger charge is 2.13. The maximum atomic E-state index is 12.2. The van der Waals surface area contributed by atoms with Gasteiger partial charge in [0.1, 0.15) is 6.26 Å². The predicted octanol–water partition coefficient (Wildman–Crippen LogP) is 3.90. The quantitative estimate of drug-likeness (QED) is 0.561. The minimum absolute atomic E-state index is 0.228. The minimum Gasteiger partial charge on any atom is -0.444 e. The number of nitrogens with two attached hydrogens (primary N) is 1. The zero-order chi connectivity index (χ0) is 16.2. The number of aromatic nitrogens is 1. The summed E-state index contributed by atoms with van der Waals surface area (Å²) in [4.78, 5) is 17.6. The van der Waals surface area contributed by atoms with E-state index >= 15 is 0 Å². The molecule has 6 heteroatoms. The third-order valence-electron chi connectivity index (χ3n) is 3.24. The molecule has 1 amide bonds. The van der Waals surface area contributed by atoms with Gasteiger partial charge >= 0.3 is 0 Å². The molecule has 0 radical (unpaired) electrons. The van der Waals surface area contributed by atoms with Crippen molar-refractivity contribution in [3.8, 4) is 11.5 Å². The number of hydrogen-bond acceptors (Lipinski definition) is 5. The van der Waals surface area contributed by atoms with Gasteiger partial charge < -0.3 is 15.5 Å². The number of anilines is 2. The van der Waals surface area contributed by atoms with Gasteiger partial charge in [0.25, 0.3) is 5.91 Å². The Balaban J connectivity index is 1.74. The highest BCUT2D eigenvalue weighted by molar-refractivity contribution is 7.98. The van der Waals surface area contributed by atoms with Crippen LogP contribution in [0.2, 0.25) is 0 Å². The van der Waals surface area contributed by atoms with Crippen molar-refractivity contribution in [2.45, 2.75) is 4.90 Å². The maximum absolute atomic E-state index is 12.2. The van der Waals surface area contributed by atoms with Gasteiger partial charge in [0.15, 0.2) is 5.69 Å². The second kappa shape index (κ2) is 6.58. The number of hydrogen-bond donors (Lipinski definition) is 2. The van der Waals surface area contributed by atoms with Gasteiger partial charge in [-0.25, -0.2) is 4.98 Å². The van der Waals surface area contributed by atoms with Crippen molar-refractivity contribution >= 4 is 29.0 Å². The van der Waals surface area contributed by atoms with Gasteiger partial charge in [-0.2, -0.15) is 0 Å². The van der Waals surface area contributed by atoms with Crippen LogP contribution in [0, 0.1) is 0 Å². The lowest BCUT2D eigenvalue weighted by molar-refractivity contribution is 0.102. The first kappa shape index (κ1) is 15.2. The molecule has 0 aliphatic carbocycles.